The van der Waals surface area contributed by atoms with E-state index in [0.29, 0.717) is 18.9 Å². The summed E-state index contributed by atoms with van der Waals surface area (Å²) in [7, 11) is 6.41. The molecule has 0 atom stereocenters. The number of methoxy groups -OCH3 is 4. The van der Waals surface area contributed by atoms with E-state index in [1.54, 1.807) is 21.3 Å². The molecule has 0 spiro atoms. The highest BCUT2D eigenvalue weighted by Gasteiger charge is 2.38. The van der Waals surface area contributed by atoms with Gasteiger partial charge in [-0.1, -0.05) is 36.4 Å². The van der Waals surface area contributed by atoms with Gasteiger partial charge in [0.05, 0.1) is 41.5 Å². The summed E-state index contributed by atoms with van der Waals surface area (Å²) in [6, 6.07) is 24.0. The van der Waals surface area contributed by atoms with Crippen molar-refractivity contribution in [1.82, 2.24) is 4.90 Å². The summed E-state index contributed by atoms with van der Waals surface area (Å²) in [5.74, 6) is 2.51. The fourth-order valence-corrected chi connectivity index (χ4v) is 4.86. The van der Waals surface area contributed by atoms with Crippen LogP contribution in [-0.2, 0) is 19.9 Å². The predicted octanol–water partition coefficient (Wildman–Crippen LogP) is 4.52. The smallest absolute Gasteiger partial charge is 0.305 e. The van der Waals surface area contributed by atoms with E-state index in [-0.39, 0.29) is 5.97 Å². The van der Waals surface area contributed by atoms with Gasteiger partial charge < -0.3 is 28.6 Å². The molecule has 0 saturated carbocycles. The van der Waals surface area contributed by atoms with Crippen molar-refractivity contribution in [1.29, 1.82) is 0 Å². The summed E-state index contributed by atoms with van der Waals surface area (Å²) in [6.07, 6.45) is 0.460. The van der Waals surface area contributed by atoms with Gasteiger partial charge in [0.1, 0.15) is 22.8 Å². The second kappa shape index (κ2) is 12.1. The molecule has 7 heteroatoms. The zero-order valence-electron chi connectivity index (χ0n) is 21.9. The number of hydrogen-bond acceptors (Lipinski definition) is 7. The van der Waals surface area contributed by atoms with Gasteiger partial charge in [-0.2, -0.15) is 0 Å². The van der Waals surface area contributed by atoms with Gasteiger partial charge in [-0.25, -0.2) is 0 Å². The quantitative estimate of drug-likeness (QED) is 0.265. The minimum absolute atomic E-state index is 0.154. The van der Waals surface area contributed by atoms with Crippen molar-refractivity contribution in [3.05, 3.63) is 89.5 Å². The highest BCUT2D eigenvalue weighted by atomic mass is 16.5. The first-order valence-electron chi connectivity index (χ1n) is 12.4. The molecule has 1 saturated heterocycles. The predicted molar refractivity (Wildman–Crippen MR) is 141 cm³/mol. The van der Waals surface area contributed by atoms with Crippen LogP contribution in [0.2, 0.25) is 0 Å². The molecule has 3 aromatic carbocycles. The third kappa shape index (κ3) is 5.89. The van der Waals surface area contributed by atoms with Crippen LogP contribution >= 0.6 is 0 Å². The molecule has 7 nitrogen and oxygen atoms in total. The Labute approximate surface area is 218 Å². The average molecular weight is 506 g/mol. The Balaban J connectivity index is 1.66. The van der Waals surface area contributed by atoms with E-state index in [4.69, 9.17) is 23.7 Å². The lowest BCUT2D eigenvalue weighted by Gasteiger charge is -2.41. The molecule has 1 heterocycles. The van der Waals surface area contributed by atoms with Crippen LogP contribution in [0.15, 0.2) is 72.8 Å². The van der Waals surface area contributed by atoms with Gasteiger partial charge in [0.2, 0.25) is 0 Å². The normalized spacial score (nSPS) is 14.1. The first-order chi connectivity index (χ1) is 18.0. The van der Waals surface area contributed by atoms with Crippen LogP contribution < -0.4 is 14.2 Å². The Morgan fingerprint density at radius 1 is 0.730 bits per heavy atom. The van der Waals surface area contributed by atoms with Crippen LogP contribution in [0, 0.1) is 5.92 Å². The lowest BCUT2D eigenvalue weighted by atomic mass is 9.80. The number of nitrogens with zero attached hydrogens (tertiary/aromatic N) is 1. The van der Waals surface area contributed by atoms with Crippen molar-refractivity contribution in [2.24, 2.45) is 5.92 Å². The van der Waals surface area contributed by atoms with Crippen molar-refractivity contribution in [3.8, 4) is 17.2 Å². The Bertz CT molecular complexity index is 1020. The van der Waals surface area contributed by atoms with Crippen LogP contribution in [0.25, 0.3) is 0 Å². The molecular formula is C30H35NO6. The van der Waals surface area contributed by atoms with Crippen molar-refractivity contribution < 1.29 is 28.5 Å². The number of rotatable bonds is 12. The first kappa shape index (κ1) is 26.5. The summed E-state index contributed by atoms with van der Waals surface area (Å²) in [5.41, 5.74) is 2.07. The number of carbonyl (C=O) groups is 1. The molecule has 0 radical (unpaired) electrons. The van der Waals surface area contributed by atoms with Crippen molar-refractivity contribution >= 4 is 5.97 Å². The SMILES string of the molecule is COC(=O)CC1CN(CCOC(c2ccc(OC)cc2)(c2ccc(OC)cc2)c2ccc(OC)cc2)C1. The molecule has 1 aliphatic heterocycles. The Kier molecular flexibility index (Phi) is 8.69. The van der Waals surface area contributed by atoms with Crippen LogP contribution in [0.3, 0.4) is 0 Å². The number of benzene rings is 3. The lowest BCUT2D eigenvalue weighted by molar-refractivity contribution is -0.143. The summed E-state index contributed by atoms with van der Waals surface area (Å²) >= 11 is 0. The van der Waals surface area contributed by atoms with Gasteiger partial charge in [0, 0.05) is 19.6 Å². The van der Waals surface area contributed by atoms with E-state index >= 15 is 0 Å². The van der Waals surface area contributed by atoms with E-state index < -0.39 is 5.60 Å². The molecular weight excluding hydrogens is 470 g/mol. The van der Waals surface area contributed by atoms with E-state index in [0.717, 1.165) is 53.6 Å². The third-order valence-electron chi connectivity index (χ3n) is 6.93. The maximum atomic E-state index is 11.6. The molecule has 4 rings (SSSR count). The Morgan fingerprint density at radius 2 is 1.14 bits per heavy atom. The van der Waals surface area contributed by atoms with Gasteiger partial charge in [-0.3, -0.25) is 4.79 Å². The molecule has 0 N–H and O–H groups in total. The van der Waals surface area contributed by atoms with Gasteiger partial charge in [-0.05, 0) is 59.0 Å². The maximum absolute atomic E-state index is 11.6. The molecule has 0 aromatic heterocycles. The van der Waals surface area contributed by atoms with Crippen molar-refractivity contribution in [3.63, 3.8) is 0 Å². The lowest BCUT2D eigenvalue weighted by Crippen LogP contribution is -2.49. The maximum Gasteiger partial charge on any atom is 0.305 e. The van der Waals surface area contributed by atoms with E-state index in [1.807, 2.05) is 72.8 Å². The van der Waals surface area contributed by atoms with Gasteiger partial charge in [0.25, 0.3) is 0 Å². The zero-order valence-corrected chi connectivity index (χ0v) is 21.9. The number of carbonyl (C=O) groups excluding carboxylic acids is 1. The Morgan fingerprint density at radius 3 is 1.49 bits per heavy atom. The van der Waals surface area contributed by atoms with Crippen LogP contribution in [-0.4, -0.2) is 65.5 Å². The molecule has 0 amide bonds. The number of likely N-dealkylation sites (tertiary alicyclic amines) is 1. The molecule has 1 fully saturated rings. The summed E-state index contributed by atoms with van der Waals surface area (Å²) in [4.78, 5) is 13.9. The van der Waals surface area contributed by atoms with E-state index in [9.17, 15) is 4.79 Å². The molecule has 0 aliphatic carbocycles. The number of esters is 1. The molecule has 1 aliphatic rings. The fourth-order valence-electron chi connectivity index (χ4n) is 4.86. The second-order valence-corrected chi connectivity index (χ2v) is 9.12. The third-order valence-corrected chi connectivity index (χ3v) is 6.93. The number of ether oxygens (including phenoxy) is 5. The monoisotopic (exact) mass is 505 g/mol. The summed E-state index contributed by atoms with van der Waals surface area (Å²) < 4.78 is 28.0. The topological polar surface area (TPSA) is 66.5 Å². The zero-order chi connectivity index (χ0) is 26.3. The van der Waals surface area contributed by atoms with Gasteiger partial charge in [-0.15, -0.1) is 0 Å². The highest BCUT2D eigenvalue weighted by Crippen LogP contribution is 2.42. The standard InChI is InChI=1S/C30H35NO6/c1-33-26-11-5-23(6-12-26)30(24-7-13-27(34-2)14-8-24,25-9-15-28(35-3)16-10-25)37-18-17-31-20-22(21-31)19-29(32)36-4/h5-16,22H,17-21H2,1-4H3. The molecule has 37 heavy (non-hydrogen) atoms. The molecule has 196 valence electrons. The second-order valence-electron chi connectivity index (χ2n) is 9.12. The van der Waals surface area contributed by atoms with Crippen molar-refractivity contribution in [2.45, 2.75) is 12.0 Å². The number of hydrogen-bond donors (Lipinski definition) is 0. The Hall–Kier alpha value is -3.55. The first-order valence-corrected chi connectivity index (χ1v) is 12.4. The minimum atomic E-state index is -0.874. The van der Waals surface area contributed by atoms with Gasteiger partial charge >= 0.3 is 5.97 Å². The van der Waals surface area contributed by atoms with Crippen LogP contribution in [0.1, 0.15) is 23.1 Å². The minimum Gasteiger partial charge on any atom is -0.497 e. The summed E-state index contributed by atoms with van der Waals surface area (Å²) in [5, 5.41) is 0. The molecule has 0 bridgehead atoms. The van der Waals surface area contributed by atoms with E-state index in [2.05, 4.69) is 4.90 Å². The van der Waals surface area contributed by atoms with Gasteiger partial charge in [0.15, 0.2) is 0 Å². The average Bonchev–Trinajstić information content (AvgIpc) is 2.94. The largest absolute Gasteiger partial charge is 0.497 e. The fraction of sp³-hybridized carbons (Fsp3) is 0.367. The molecule has 3 aromatic rings. The summed E-state index contributed by atoms with van der Waals surface area (Å²) in [6.45, 7) is 2.97. The van der Waals surface area contributed by atoms with E-state index in [1.165, 1.54) is 7.11 Å². The highest BCUT2D eigenvalue weighted by molar-refractivity contribution is 5.69. The van der Waals surface area contributed by atoms with Crippen LogP contribution in [0.4, 0.5) is 0 Å². The van der Waals surface area contributed by atoms with Crippen molar-refractivity contribution in [2.75, 3.05) is 54.7 Å². The van der Waals surface area contributed by atoms with Crippen LogP contribution in [0.5, 0.6) is 17.2 Å². The molecule has 0 unspecified atom stereocenters.